The van der Waals surface area contributed by atoms with Crippen molar-refractivity contribution in [1.29, 1.82) is 0 Å². The summed E-state index contributed by atoms with van der Waals surface area (Å²) in [6, 6.07) is 10.5. The average Bonchev–Trinajstić information content (AvgIpc) is 2.18. The molecule has 1 aromatic rings. The Morgan fingerprint density at radius 2 is 1.69 bits per heavy atom. The van der Waals surface area contributed by atoms with E-state index in [9.17, 15) is 13.0 Å². The first kappa shape index (κ1) is 15.0. The smallest absolute Gasteiger partial charge is 0.217 e. The Kier molecular flexibility index (Phi) is 6.91. The van der Waals surface area contributed by atoms with Crippen LogP contribution in [-0.4, -0.2) is 34.2 Å². The molecule has 1 aromatic carbocycles. The maximum Gasteiger partial charge on any atom is 0.217 e. The fourth-order valence-electron chi connectivity index (χ4n) is 1.00. The molecule has 1 rings (SSSR count). The zero-order chi connectivity index (χ0) is 12.6. The van der Waals surface area contributed by atoms with E-state index in [4.69, 9.17) is 0 Å². The molecule has 0 aliphatic carbocycles. The second-order valence-electron chi connectivity index (χ2n) is 3.44. The molecule has 0 saturated carbocycles. The molecule has 0 spiro atoms. The van der Waals surface area contributed by atoms with Crippen molar-refractivity contribution in [1.82, 2.24) is 0 Å². The van der Waals surface area contributed by atoms with E-state index in [1.165, 1.54) is 10.5 Å². The minimum atomic E-state index is -4.41. The van der Waals surface area contributed by atoms with Gasteiger partial charge in [0.05, 0.1) is 21.2 Å². The second kappa shape index (κ2) is 7.34. The van der Waals surface area contributed by atoms with Crippen molar-refractivity contribution in [2.75, 3.05) is 21.2 Å². The van der Waals surface area contributed by atoms with Crippen LogP contribution in [0.3, 0.4) is 0 Å². The van der Waals surface area contributed by atoms with E-state index in [2.05, 4.69) is 48.6 Å². The zero-order valence-electron chi connectivity index (χ0n) is 9.64. The lowest BCUT2D eigenvalue weighted by molar-refractivity contribution is -0.872. The van der Waals surface area contributed by atoms with Crippen LogP contribution in [-0.2, 0) is 21.1 Å². The highest BCUT2D eigenvalue weighted by Crippen LogP contribution is 1.94. The Morgan fingerprint density at radius 1 is 1.25 bits per heavy atom. The number of hydrogen-bond acceptors (Lipinski definition) is 4. The average molecular weight is 247 g/mol. The first-order valence-corrected chi connectivity index (χ1v) is 6.03. The lowest BCUT2D eigenvalue weighted by Gasteiger charge is -2.05. The minimum absolute atomic E-state index is 0.808. The van der Waals surface area contributed by atoms with Gasteiger partial charge >= 0.3 is 0 Å². The fraction of sp³-hybridized carbons (Fsp3) is 0.400. The molecule has 5 nitrogen and oxygen atoms in total. The van der Waals surface area contributed by atoms with Crippen LogP contribution in [0.2, 0.25) is 0 Å². The molecule has 0 aromatic heterocycles. The third-order valence-corrected chi connectivity index (χ3v) is 2.01. The van der Waals surface area contributed by atoms with Gasteiger partial charge in [0, 0.05) is 5.56 Å². The van der Waals surface area contributed by atoms with Gasteiger partial charge < -0.3 is 9.45 Å². The summed E-state index contributed by atoms with van der Waals surface area (Å²) < 4.78 is 31.0. The first-order valence-electron chi connectivity index (χ1n) is 4.69. The van der Waals surface area contributed by atoms with E-state index in [1.807, 2.05) is 0 Å². The highest BCUT2D eigenvalue weighted by Gasteiger charge is 1.93. The van der Waals surface area contributed by atoms with Crippen LogP contribution in [0.1, 0.15) is 5.56 Å². The summed E-state index contributed by atoms with van der Waals surface area (Å²) in [5, 5.41) is 0. The molecule has 0 fully saturated rings. The van der Waals surface area contributed by atoms with Gasteiger partial charge in [-0.25, -0.2) is 8.42 Å². The largest absolute Gasteiger partial charge is 0.726 e. The monoisotopic (exact) mass is 247 g/mol. The molecule has 1 N–H and O–H groups in total. The van der Waals surface area contributed by atoms with Crippen molar-refractivity contribution in [2.45, 2.75) is 6.54 Å². The van der Waals surface area contributed by atoms with Crippen LogP contribution in [0.5, 0.6) is 0 Å². The molecule has 0 saturated heterocycles. The highest BCUT2D eigenvalue weighted by atomic mass is 32.3. The molecule has 0 unspecified atom stereocenters. The van der Waals surface area contributed by atoms with E-state index >= 15 is 0 Å². The number of quaternary nitrogens is 1. The second-order valence-corrected chi connectivity index (χ2v) is 4.59. The molecule has 0 heterocycles. The van der Waals surface area contributed by atoms with Crippen LogP contribution in [0.15, 0.2) is 30.3 Å². The van der Waals surface area contributed by atoms with Gasteiger partial charge in [0.25, 0.3) is 0 Å². The van der Waals surface area contributed by atoms with Crippen LogP contribution >= 0.6 is 0 Å². The summed E-state index contributed by atoms with van der Waals surface area (Å²) in [5.41, 5.74) is 1.41. The number of nitrogens with one attached hydrogen (secondary N) is 1. The van der Waals surface area contributed by atoms with Crippen molar-refractivity contribution in [2.24, 2.45) is 0 Å². The Morgan fingerprint density at radius 3 is 2.00 bits per heavy atom. The summed E-state index contributed by atoms with van der Waals surface area (Å²) >= 11 is 0. The molecular weight excluding hydrogens is 230 g/mol. The van der Waals surface area contributed by atoms with Gasteiger partial charge in [0.1, 0.15) is 6.54 Å². The van der Waals surface area contributed by atoms with Crippen molar-refractivity contribution in [3.05, 3.63) is 35.9 Å². The number of benzene rings is 1. The van der Waals surface area contributed by atoms with Crippen LogP contribution in [0.4, 0.5) is 0 Å². The molecule has 0 aliphatic rings. The maximum absolute atomic E-state index is 9.22. The Labute approximate surface area is 96.6 Å². The summed E-state index contributed by atoms with van der Waals surface area (Å²) in [6.07, 6.45) is 0. The zero-order valence-corrected chi connectivity index (χ0v) is 10.5. The van der Waals surface area contributed by atoms with Crippen molar-refractivity contribution < 1.29 is 22.1 Å². The third-order valence-electron chi connectivity index (χ3n) is 1.60. The van der Waals surface area contributed by atoms with E-state index in [0.29, 0.717) is 0 Å². The van der Waals surface area contributed by atoms with Crippen LogP contribution in [0.25, 0.3) is 0 Å². The van der Waals surface area contributed by atoms with E-state index in [1.54, 1.807) is 0 Å². The number of rotatable bonds is 3. The molecule has 0 amide bonds. The molecule has 6 heteroatoms. The van der Waals surface area contributed by atoms with Gasteiger partial charge in [0.15, 0.2) is 0 Å². The van der Waals surface area contributed by atoms with Crippen LogP contribution in [0, 0.1) is 0 Å². The topological polar surface area (TPSA) is 70.9 Å². The molecule has 0 bridgehead atoms. The standard InChI is InChI=1S/C9H13N.CH4O4S/c1-10(2)8-9-6-4-3-5-7-9;1-5-6(2,3)4/h3-7H,8H2,1-2H3;1H3,(H,2,3,4). The van der Waals surface area contributed by atoms with E-state index in [-0.39, 0.29) is 0 Å². The van der Waals surface area contributed by atoms with Gasteiger partial charge in [-0.05, 0) is 0 Å². The summed E-state index contributed by atoms with van der Waals surface area (Å²) in [5.74, 6) is 0. The van der Waals surface area contributed by atoms with Crippen molar-refractivity contribution in [3.63, 3.8) is 0 Å². The molecular formula is C10H17NO4S. The summed E-state index contributed by atoms with van der Waals surface area (Å²) in [6.45, 7) is 1.11. The highest BCUT2D eigenvalue weighted by molar-refractivity contribution is 7.80. The Bertz CT molecular complexity index is 375. The minimum Gasteiger partial charge on any atom is -0.726 e. The van der Waals surface area contributed by atoms with Crippen molar-refractivity contribution >= 4 is 10.4 Å². The summed E-state index contributed by atoms with van der Waals surface area (Å²) in [7, 11) is 0.715. The molecule has 0 atom stereocenters. The summed E-state index contributed by atoms with van der Waals surface area (Å²) in [4.78, 5) is 1.46. The molecule has 16 heavy (non-hydrogen) atoms. The predicted octanol–water partition coefficient (Wildman–Crippen LogP) is -0.576. The lowest BCUT2D eigenvalue weighted by Crippen LogP contribution is -3.04. The fourth-order valence-corrected chi connectivity index (χ4v) is 1.00. The van der Waals surface area contributed by atoms with Gasteiger partial charge in [-0.15, -0.1) is 0 Å². The van der Waals surface area contributed by atoms with Gasteiger partial charge in [-0.3, -0.25) is 4.18 Å². The third kappa shape index (κ3) is 9.60. The molecule has 0 aliphatic heterocycles. The number of hydrogen-bond donors (Lipinski definition) is 1. The first-order chi connectivity index (χ1) is 7.35. The lowest BCUT2D eigenvalue weighted by atomic mass is 10.2. The van der Waals surface area contributed by atoms with E-state index < -0.39 is 10.4 Å². The van der Waals surface area contributed by atoms with Crippen molar-refractivity contribution in [3.8, 4) is 0 Å². The van der Waals surface area contributed by atoms with E-state index in [0.717, 1.165) is 13.7 Å². The Hall–Kier alpha value is -0.950. The molecule has 92 valence electrons. The predicted molar refractivity (Wildman–Crippen MR) is 59.7 cm³/mol. The van der Waals surface area contributed by atoms with Gasteiger partial charge in [-0.1, -0.05) is 30.3 Å². The van der Waals surface area contributed by atoms with Crippen LogP contribution < -0.4 is 4.90 Å². The SMILES string of the molecule is COS(=O)(=O)[O-].C[NH+](C)Cc1ccccc1. The van der Waals surface area contributed by atoms with Gasteiger partial charge in [-0.2, -0.15) is 0 Å². The van der Waals surface area contributed by atoms with Gasteiger partial charge in [0.2, 0.25) is 10.4 Å². The maximum atomic E-state index is 9.22. The quantitative estimate of drug-likeness (QED) is 0.573. The molecule has 0 radical (unpaired) electrons. The Balaban J connectivity index is 0.000000325. The normalized spacial score (nSPS) is 10.8.